The normalized spacial score (nSPS) is 13.3. The van der Waals surface area contributed by atoms with Crippen LogP contribution in [0, 0.1) is 11.3 Å². The quantitative estimate of drug-likeness (QED) is 0.809. The smallest absolute Gasteiger partial charge is 0.331 e. The summed E-state index contributed by atoms with van der Waals surface area (Å²) in [5, 5.41) is 9.12. The van der Waals surface area contributed by atoms with E-state index < -0.39 is 11.2 Å². The first kappa shape index (κ1) is 16.7. The van der Waals surface area contributed by atoms with E-state index in [0.29, 0.717) is 6.54 Å². The van der Waals surface area contributed by atoms with Gasteiger partial charge in [-0.3, -0.25) is 14.2 Å². The Labute approximate surface area is 144 Å². The van der Waals surface area contributed by atoms with Gasteiger partial charge in [0.2, 0.25) is 5.91 Å². The van der Waals surface area contributed by atoms with E-state index >= 15 is 0 Å². The molecule has 1 saturated carbocycles. The molecule has 0 aliphatic heterocycles. The van der Waals surface area contributed by atoms with Gasteiger partial charge in [-0.15, -0.1) is 0 Å². The standard InChI is InChI=1S/C18H18N4O3/c1-20(10-13-5-3-2-4-6-13)16(23)12-22-17(24)14(9-19)11-21(18(22)25)15-7-8-15/h2-6,11,15H,7-8,10,12H2,1H3. The number of hydrogen-bond donors (Lipinski definition) is 0. The fourth-order valence-corrected chi connectivity index (χ4v) is 2.65. The van der Waals surface area contributed by atoms with Gasteiger partial charge in [0.05, 0.1) is 0 Å². The topological polar surface area (TPSA) is 88.1 Å². The molecule has 7 nitrogen and oxygen atoms in total. The number of hydrogen-bond acceptors (Lipinski definition) is 4. The molecular weight excluding hydrogens is 320 g/mol. The molecular formula is C18H18N4O3. The molecule has 3 rings (SSSR count). The van der Waals surface area contributed by atoms with Crippen LogP contribution in [0.15, 0.2) is 46.1 Å². The Morgan fingerprint density at radius 2 is 1.96 bits per heavy atom. The molecule has 2 aromatic rings. The van der Waals surface area contributed by atoms with E-state index in [1.165, 1.54) is 15.7 Å². The second kappa shape index (κ2) is 6.77. The van der Waals surface area contributed by atoms with E-state index in [2.05, 4.69) is 0 Å². The molecule has 1 aliphatic rings. The monoisotopic (exact) mass is 338 g/mol. The summed E-state index contributed by atoms with van der Waals surface area (Å²) in [6.07, 6.45) is 2.98. The van der Waals surface area contributed by atoms with E-state index in [1.54, 1.807) is 7.05 Å². The van der Waals surface area contributed by atoms with Gasteiger partial charge in [-0.25, -0.2) is 9.36 Å². The maximum absolute atomic E-state index is 12.5. The van der Waals surface area contributed by atoms with Crippen molar-refractivity contribution in [1.29, 1.82) is 5.26 Å². The van der Waals surface area contributed by atoms with Gasteiger partial charge >= 0.3 is 5.69 Å². The third-order valence-electron chi connectivity index (χ3n) is 4.24. The molecule has 1 aromatic carbocycles. The second-order valence-corrected chi connectivity index (χ2v) is 6.20. The Morgan fingerprint density at radius 1 is 1.28 bits per heavy atom. The lowest BCUT2D eigenvalue weighted by atomic mass is 10.2. The van der Waals surface area contributed by atoms with Gasteiger partial charge in [-0.1, -0.05) is 30.3 Å². The first-order chi connectivity index (χ1) is 12.0. The Hall–Kier alpha value is -3.14. The summed E-state index contributed by atoms with van der Waals surface area (Å²) in [5.74, 6) is -0.361. The van der Waals surface area contributed by atoms with Crippen LogP contribution in [0.4, 0.5) is 0 Å². The van der Waals surface area contributed by atoms with Gasteiger partial charge < -0.3 is 4.90 Å². The van der Waals surface area contributed by atoms with Crippen LogP contribution in [0.1, 0.15) is 30.0 Å². The van der Waals surface area contributed by atoms with Gasteiger partial charge in [-0.2, -0.15) is 5.26 Å². The van der Waals surface area contributed by atoms with Crippen LogP contribution in [0.25, 0.3) is 0 Å². The molecule has 1 fully saturated rings. The number of amides is 1. The van der Waals surface area contributed by atoms with E-state index in [-0.39, 0.29) is 24.1 Å². The van der Waals surface area contributed by atoms with E-state index in [0.717, 1.165) is 23.0 Å². The van der Waals surface area contributed by atoms with Gasteiger partial charge in [0, 0.05) is 25.8 Å². The lowest BCUT2D eigenvalue weighted by molar-refractivity contribution is -0.131. The number of nitrogens with zero attached hydrogens (tertiary/aromatic N) is 4. The molecule has 25 heavy (non-hydrogen) atoms. The van der Waals surface area contributed by atoms with Gasteiger partial charge in [0.25, 0.3) is 5.56 Å². The summed E-state index contributed by atoms with van der Waals surface area (Å²) < 4.78 is 2.26. The fourth-order valence-electron chi connectivity index (χ4n) is 2.65. The molecule has 0 spiro atoms. The minimum Gasteiger partial charge on any atom is -0.340 e. The van der Waals surface area contributed by atoms with Crippen molar-refractivity contribution >= 4 is 5.91 Å². The Balaban J connectivity index is 1.86. The number of benzene rings is 1. The molecule has 0 bridgehead atoms. The van der Waals surface area contributed by atoms with Crippen LogP contribution in [-0.2, 0) is 17.9 Å². The second-order valence-electron chi connectivity index (χ2n) is 6.20. The Bertz CT molecular complexity index is 949. The SMILES string of the molecule is CN(Cc1ccccc1)C(=O)Cn1c(=O)c(C#N)cn(C2CC2)c1=O. The van der Waals surface area contributed by atoms with Crippen molar-refractivity contribution in [2.24, 2.45) is 0 Å². The third kappa shape index (κ3) is 3.53. The van der Waals surface area contributed by atoms with Gasteiger partial charge in [-0.05, 0) is 18.4 Å². The minimum absolute atomic E-state index is 0.0172. The summed E-state index contributed by atoms with van der Waals surface area (Å²) in [4.78, 5) is 38.7. The fraction of sp³-hybridized carbons (Fsp3) is 0.333. The number of rotatable bonds is 5. The van der Waals surface area contributed by atoms with Crippen LogP contribution >= 0.6 is 0 Å². The van der Waals surface area contributed by atoms with Crippen molar-refractivity contribution in [3.63, 3.8) is 0 Å². The zero-order valence-electron chi connectivity index (χ0n) is 13.9. The summed E-state index contributed by atoms with van der Waals surface area (Å²) in [6, 6.07) is 11.3. The van der Waals surface area contributed by atoms with Crippen molar-refractivity contribution in [1.82, 2.24) is 14.0 Å². The third-order valence-corrected chi connectivity index (χ3v) is 4.24. The van der Waals surface area contributed by atoms with Crippen LogP contribution in [0.2, 0.25) is 0 Å². The average Bonchev–Trinajstić information content (AvgIpc) is 3.44. The lowest BCUT2D eigenvalue weighted by Crippen LogP contribution is -2.44. The van der Waals surface area contributed by atoms with Crippen molar-refractivity contribution in [3.05, 3.63) is 68.5 Å². The highest BCUT2D eigenvalue weighted by molar-refractivity contribution is 5.75. The van der Waals surface area contributed by atoms with Crippen LogP contribution in [-0.4, -0.2) is 27.0 Å². The predicted molar refractivity (Wildman–Crippen MR) is 90.9 cm³/mol. The Kier molecular flexibility index (Phi) is 4.52. The lowest BCUT2D eigenvalue weighted by Gasteiger charge is -2.18. The highest BCUT2D eigenvalue weighted by Crippen LogP contribution is 2.33. The van der Waals surface area contributed by atoms with Crippen LogP contribution in [0.5, 0.6) is 0 Å². The highest BCUT2D eigenvalue weighted by Gasteiger charge is 2.27. The zero-order valence-corrected chi connectivity index (χ0v) is 13.9. The van der Waals surface area contributed by atoms with Gasteiger partial charge in [0.15, 0.2) is 0 Å². The average molecular weight is 338 g/mol. The van der Waals surface area contributed by atoms with E-state index in [4.69, 9.17) is 5.26 Å². The number of carbonyl (C=O) groups is 1. The van der Waals surface area contributed by atoms with Crippen LogP contribution in [0.3, 0.4) is 0 Å². The molecule has 1 heterocycles. The maximum atomic E-state index is 12.5. The predicted octanol–water partition coefficient (Wildman–Crippen LogP) is 0.875. The zero-order chi connectivity index (χ0) is 18.0. The molecule has 128 valence electrons. The van der Waals surface area contributed by atoms with Crippen molar-refractivity contribution < 1.29 is 4.79 Å². The first-order valence-electron chi connectivity index (χ1n) is 8.05. The number of likely N-dealkylation sites (N-methyl/N-ethyl adjacent to an activating group) is 1. The molecule has 0 N–H and O–H groups in total. The molecule has 0 unspecified atom stereocenters. The first-order valence-corrected chi connectivity index (χ1v) is 8.05. The molecule has 0 atom stereocenters. The highest BCUT2D eigenvalue weighted by atomic mass is 16.2. The summed E-state index contributed by atoms with van der Waals surface area (Å²) in [6.45, 7) is 0.00637. The molecule has 1 aliphatic carbocycles. The summed E-state index contributed by atoms with van der Waals surface area (Å²) in [7, 11) is 1.62. The van der Waals surface area contributed by atoms with E-state index in [9.17, 15) is 14.4 Å². The minimum atomic E-state index is -0.717. The molecule has 7 heteroatoms. The van der Waals surface area contributed by atoms with Crippen molar-refractivity contribution in [2.45, 2.75) is 32.0 Å². The van der Waals surface area contributed by atoms with Crippen LogP contribution < -0.4 is 11.2 Å². The summed E-state index contributed by atoms with van der Waals surface area (Å²) >= 11 is 0. The molecule has 0 radical (unpaired) electrons. The molecule has 1 aromatic heterocycles. The molecule has 1 amide bonds. The number of carbonyl (C=O) groups excluding carboxylic acids is 1. The summed E-state index contributed by atoms with van der Waals surface area (Å²) in [5.41, 5.74) is -0.421. The number of nitriles is 1. The van der Waals surface area contributed by atoms with Crippen molar-refractivity contribution in [2.75, 3.05) is 7.05 Å². The molecule has 0 saturated heterocycles. The number of aromatic nitrogens is 2. The maximum Gasteiger partial charge on any atom is 0.331 e. The van der Waals surface area contributed by atoms with Crippen molar-refractivity contribution in [3.8, 4) is 6.07 Å². The van der Waals surface area contributed by atoms with E-state index in [1.807, 2.05) is 36.4 Å². The largest absolute Gasteiger partial charge is 0.340 e. The van der Waals surface area contributed by atoms with Gasteiger partial charge in [0.1, 0.15) is 18.2 Å². The Morgan fingerprint density at radius 3 is 2.56 bits per heavy atom.